The van der Waals surface area contributed by atoms with E-state index in [9.17, 15) is 4.79 Å². The third kappa shape index (κ3) is 2.22. The normalized spacial score (nSPS) is 37.7. The lowest BCUT2D eigenvalue weighted by Crippen LogP contribution is -2.51. The van der Waals surface area contributed by atoms with Gasteiger partial charge in [0.2, 0.25) is 5.91 Å². The molecule has 4 nitrogen and oxygen atoms in total. The summed E-state index contributed by atoms with van der Waals surface area (Å²) in [6.07, 6.45) is 11.0. The molecule has 0 bridgehead atoms. The molecular formula is C15H21N3O. The summed E-state index contributed by atoms with van der Waals surface area (Å²) in [7, 11) is 0. The molecule has 2 heterocycles. The fourth-order valence-corrected chi connectivity index (χ4v) is 3.42. The number of hydrogen-bond donors (Lipinski definition) is 1. The van der Waals surface area contributed by atoms with Crippen molar-refractivity contribution in [2.75, 3.05) is 6.54 Å². The van der Waals surface area contributed by atoms with Gasteiger partial charge < -0.3 is 10.2 Å². The average molecular weight is 259 g/mol. The number of likely N-dealkylation sites (tertiary alicyclic amines) is 1. The van der Waals surface area contributed by atoms with Gasteiger partial charge in [-0.05, 0) is 37.1 Å². The summed E-state index contributed by atoms with van der Waals surface area (Å²) in [6, 6.07) is 2.37. The zero-order chi connectivity index (χ0) is 14.2. The van der Waals surface area contributed by atoms with Crippen LogP contribution in [0.1, 0.15) is 33.1 Å². The van der Waals surface area contributed by atoms with Crippen molar-refractivity contribution in [2.45, 2.75) is 51.2 Å². The molecule has 1 saturated carbocycles. The maximum absolute atomic E-state index is 12.6. The van der Waals surface area contributed by atoms with E-state index in [0.29, 0.717) is 12.0 Å². The molecule has 102 valence electrons. The standard InChI is InChI=1S/C13H19N3O.C2H2/c1-13(2)3-4-15-11(13)12(17)16-9(7-14)5-8-6-10(8)16;1-2/h8-11,15H,3-6H2,1-2H3;1-2H/t8-,9+,10+,11?;/m1./s1. The third-order valence-electron chi connectivity index (χ3n) is 4.65. The summed E-state index contributed by atoms with van der Waals surface area (Å²) in [5.41, 5.74) is 0.0179. The van der Waals surface area contributed by atoms with Crippen LogP contribution in [-0.4, -0.2) is 35.5 Å². The highest BCUT2D eigenvalue weighted by atomic mass is 16.2. The maximum atomic E-state index is 12.6. The molecule has 1 aliphatic carbocycles. The van der Waals surface area contributed by atoms with Crippen LogP contribution in [0.2, 0.25) is 0 Å². The van der Waals surface area contributed by atoms with Crippen molar-refractivity contribution in [2.24, 2.45) is 11.3 Å². The Kier molecular flexibility index (Phi) is 3.56. The van der Waals surface area contributed by atoms with Gasteiger partial charge in [-0.1, -0.05) is 13.8 Å². The fraction of sp³-hybridized carbons (Fsp3) is 0.733. The Morgan fingerprint density at radius 3 is 2.63 bits per heavy atom. The molecule has 3 rings (SSSR count). The van der Waals surface area contributed by atoms with Crippen LogP contribution in [0.3, 0.4) is 0 Å². The molecule has 0 aromatic rings. The van der Waals surface area contributed by atoms with Crippen LogP contribution >= 0.6 is 0 Å². The highest BCUT2D eigenvalue weighted by Crippen LogP contribution is 2.48. The summed E-state index contributed by atoms with van der Waals surface area (Å²) in [4.78, 5) is 14.5. The van der Waals surface area contributed by atoms with Crippen molar-refractivity contribution in [3.63, 3.8) is 0 Å². The number of terminal acetylenes is 1. The second kappa shape index (κ2) is 4.87. The molecule has 3 fully saturated rings. The second-order valence-corrected chi connectivity index (χ2v) is 6.31. The molecule has 4 heteroatoms. The molecule has 0 aromatic carbocycles. The molecule has 1 N–H and O–H groups in total. The Labute approximate surface area is 115 Å². The van der Waals surface area contributed by atoms with E-state index in [-0.39, 0.29) is 23.4 Å². The summed E-state index contributed by atoms with van der Waals surface area (Å²) in [5.74, 6) is 0.761. The van der Waals surface area contributed by atoms with Crippen LogP contribution < -0.4 is 5.32 Å². The van der Waals surface area contributed by atoms with Gasteiger partial charge in [0, 0.05) is 6.04 Å². The highest BCUT2D eigenvalue weighted by Gasteiger charge is 2.56. The first kappa shape index (κ1) is 13.9. The summed E-state index contributed by atoms with van der Waals surface area (Å²) < 4.78 is 0. The van der Waals surface area contributed by atoms with E-state index < -0.39 is 0 Å². The number of nitriles is 1. The minimum Gasteiger partial charge on any atom is -0.322 e. The molecule has 0 aromatic heterocycles. The van der Waals surface area contributed by atoms with Gasteiger partial charge in [0.05, 0.1) is 12.1 Å². The van der Waals surface area contributed by atoms with Gasteiger partial charge >= 0.3 is 0 Å². The van der Waals surface area contributed by atoms with Gasteiger partial charge in [-0.25, -0.2) is 0 Å². The Morgan fingerprint density at radius 2 is 2.11 bits per heavy atom. The maximum Gasteiger partial charge on any atom is 0.241 e. The van der Waals surface area contributed by atoms with Crippen molar-refractivity contribution >= 4 is 5.91 Å². The lowest BCUT2D eigenvalue weighted by atomic mass is 9.84. The molecule has 2 aliphatic heterocycles. The number of nitrogens with one attached hydrogen (secondary N) is 1. The number of rotatable bonds is 1. The van der Waals surface area contributed by atoms with E-state index in [1.165, 1.54) is 0 Å². The SMILES string of the molecule is C#C.CC1(C)CCNC1C(=O)N1[C@H](C#N)C[C@@H]2C[C@@H]21. The third-order valence-corrected chi connectivity index (χ3v) is 4.65. The van der Waals surface area contributed by atoms with E-state index >= 15 is 0 Å². The molecular weight excluding hydrogens is 238 g/mol. The van der Waals surface area contributed by atoms with Gasteiger partial charge in [0.25, 0.3) is 0 Å². The number of nitrogens with zero attached hydrogens (tertiary/aromatic N) is 2. The van der Waals surface area contributed by atoms with E-state index in [4.69, 9.17) is 5.26 Å². The molecule has 19 heavy (non-hydrogen) atoms. The zero-order valence-electron chi connectivity index (χ0n) is 11.6. The van der Waals surface area contributed by atoms with E-state index in [2.05, 4.69) is 38.1 Å². The summed E-state index contributed by atoms with van der Waals surface area (Å²) in [6.45, 7) is 5.18. The average Bonchev–Trinajstić information content (AvgIpc) is 2.91. The molecule has 1 amide bonds. The van der Waals surface area contributed by atoms with E-state index in [1.807, 2.05) is 4.90 Å². The highest BCUT2D eigenvalue weighted by molar-refractivity contribution is 5.85. The van der Waals surface area contributed by atoms with Crippen molar-refractivity contribution in [3.8, 4) is 18.9 Å². The summed E-state index contributed by atoms with van der Waals surface area (Å²) in [5, 5.41) is 12.4. The molecule has 0 radical (unpaired) electrons. The first-order valence-corrected chi connectivity index (χ1v) is 6.83. The second-order valence-electron chi connectivity index (χ2n) is 6.31. The quantitative estimate of drug-likeness (QED) is 0.718. The van der Waals surface area contributed by atoms with Crippen LogP contribution in [0.15, 0.2) is 0 Å². The van der Waals surface area contributed by atoms with Gasteiger partial charge in [0.1, 0.15) is 6.04 Å². The number of fused-ring (bicyclic) bond motifs is 1. The molecule has 3 aliphatic rings. The fourth-order valence-electron chi connectivity index (χ4n) is 3.42. The smallest absolute Gasteiger partial charge is 0.241 e. The Balaban J connectivity index is 0.000000637. The van der Waals surface area contributed by atoms with Gasteiger partial charge in [-0.2, -0.15) is 5.26 Å². The van der Waals surface area contributed by atoms with Crippen LogP contribution in [-0.2, 0) is 4.79 Å². The van der Waals surface area contributed by atoms with Crippen molar-refractivity contribution < 1.29 is 4.79 Å². The Morgan fingerprint density at radius 1 is 1.42 bits per heavy atom. The molecule has 2 saturated heterocycles. The Hall–Kier alpha value is -1.52. The van der Waals surface area contributed by atoms with Gasteiger partial charge in [-0.3, -0.25) is 4.79 Å². The minimum atomic E-state index is -0.176. The van der Waals surface area contributed by atoms with E-state index in [0.717, 1.165) is 25.8 Å². The predicted octanol–water partition coefficient (Wildman–Crippen LogP) is 1.14. The Bertz CT molecular complexity index is 434. The zero-order valence-corrected chi connectivity index (χ0v) is 11.6. The largest absolute Gasteiger partial charge is 0.322 e. The summed E-state index contributed by atoms with van der Waals surface area (Å²) >= 11 is 0. The number of carbonyl (C=O) groups excluding carboxylic acids is 1. The number of amides is 1. The lowest BCUT2D eigenvalue weighted by molar-refractivity contribution is -0.136. The van der Waals surface area contributed by atoms with Gasteiger partial charge in [0.15, 0.2) is 0 Å². The minimum absolute atomic E-state index is 0.0179. The van der Waals surface area contributed by atoms with Crippen LogP contribution in [0.5, 0.6) is 0 Å². The van der Waals surface area contributed by atoms with Crippen molar-refractivity contribution in [3.05, 3.63) is 0 Å². The molecule has 0 spiro atoms. The monoisotopic (exact) mass is 259 g/mol. The molecule has 1 unspecified atom stereocenters. The number of hydrogen-bond acceptors (Lipinski definition) is 3. The van der Waals surface area contributed by atoms with Crippen LogP contribution in [0.4, 0.5) is 0 Å². The van der Waals surface area contributed by atoms with Crippen molar-refractivity contribution in [1.29, 1.82) is 5.26 Å². The van der Waals surface area contributed by atoms with Gasteiger partial charge in [-0.15, -0.1) is 12.8 Å². The first-order valence-electron chi connectivity index (χ1n) is 6.83. The first-order chi connectivity index (χ1) is 9.04. The molecule has 4 atom stereocenters. The van der Waals surface area contributed by atoms with Crippen LogP contribution in [0.25, 0.3) is 0 Å². The topological polar surface area (TPSA) is 56.1 Å². The lowest BCUT2D eigenvalue weighted by Gasteiger charge is -2.32. The number of carbonyl (C=O) groups is 1. The van der Waals surface area contributed by atoms with Crippen molar-refractivity contribution in [1.82, 2.24) is 10.2 Å². The van der Waals surface area contributed by atoms with Crippen LogP contribution in [0, 0.1) is 35.5 Å². The van der Waals surface area contributed by atoms with E-state index in [1.54, 1.807) is 0 Å². The number of piperidine rings is 1. The predicted molar refractivity (Wildman–Crippen MR) is 72.8 cm³/mol.